The van der Waals surface area contributed by atoms with E-state index in [1.54, 1.807) is 12.4 Å². The number of nitrogens with one attached hydrogen (secondary N) is 1. The van der Waals surface area contributed by atoms with E-state index in [9.17, 15) is 5.26 Å². The van der Waals surface area contributed by atoms with Gasteiger partial charge in [0.15, 0.2) is 0 Å². The van der Waals surface area contributed by atoms with E-state index < -0.39 is 0 Å². The Labute approximate surface area is 172 Å². The van der Waals surface area contributed by atoms with Crippen LogP contribution in [0.5, 0.6) is 0 Å². The van der Waals surface area contributed by atoms with Crippen molar-refractivity contribution < 1.29 is 4.42 Å². The van der Waals surface area contributed by atoms with Crippen LogP contribution in [0.4, 0.5) is 5.88 Å². The summed E-state index contributed by atoms with van der Waals surface area (Å²) in [5.74, 6) is 0.762. The Balaban J connectivity index is 1.79. The molecular formula is C23H27N5O. The highest BCUT2D eigenvalue weighted by Gasteiger charge is 2.20. The van der Waals surface area contributed by atoms with Crippen LogP contribution in [0, 0.1) is 11.3 Å². The van der Waals surface area contributed by atoms with Crippen LogP contribution >= 0.6 is 0 Å². The molecule has 3 aromatic rings. The highest BCUT2D eigenvalue weighted by atomic mass is 16.4. The number of hydrogen-bond donors (Lipinski definition) is 1. The molecule has 0 amide bonds. The van der Waals surface area contributed by atoms with Gasteiger partial charge in [-0.15, -0.1) is 0 Å². The van der Waals surface area contributed by atoms with E-state index in [2.05, 4.69) is 71.3 Å². The molecule has 0 bridgehead atoms. The van der Waals surface area contributed by atoms with Gasteiger partial charge in [0, 0.05) is 18.9 Å². The molecule has 1 unspecified atom stereocenters. The third kappa shape index (κ3) is 4.82. The summed E-state index contributed by atoms with van der Waals surface area (Å²) in [5, 5.41) is 12.7. The first kappa shape index (κ1) is 20.6. The van der Waals surface area contributed by atoms with Crippen molar-refractivity contribution in [1.82, 2.24) is 14.9 Å². The number of rotatable bonds is 6. The molecule has 0 aliphatic rings. The van der Waals surface area contributed by atoms with Crippen LogP contribution in [0.2, 0.25) is 0 Å². The predicted octanol–water partition coefficient (Wildman–Crippen LogP) is 4.62. The predicted molar refractivity (Wildman–Crippen MR) is 115 cm³/mol. The van der Waals surface area contributed by atoms with Crippen molar-refractivity contribution in [2.75, 3.05) is 26.0 Å². The van der Waals surface area contributed by atoms with Crippen molar-refractivity contribution in [2.24, 2.45) is 0 Å². The topological polar surface area (TPSA) is 78.0 Å². The lowest BCUT2D eigenvalue weighted by Crippen LogP contribution is -2.27. The molecule has 1 aromatic carbocycles. The number of oxazole rings is 1. The van der Waals surface area contributed by atoms with Gasteiger partial charge in [0.2, 0.25) is 17.5 Å². The van der Waals surface area contributed by atoms with Crippen molar-refractivity contribution in [2.45, 2.75) is 32.2 Å². The average molecular weight is 390 g/mol. The Hall–Kier alpha value is -3.17. The molecular weight excluding hydrogens is 362 g/mol. The van der Waals surface area contributed by atoms with Gasteiger partial charge in [0.1, 0.15) is 6.07 Å². The van der Waals surface area contributed by atoms with Gasteiger partial charge in [-0.3, -0.25) is 4.98 Å². The fourth-order valence-electron chi connectivity index (χ4n) is 3.12. The number of nitrogens with zero attached hydrogens (tertiary/aromatic N) is 4. The lowest BCUT2D eigenvalue weighted by Gasteiger charge is -2.26. The quantitative estimate of drug-likeness (QED) is 0.663. The molecule has 2 heterocycles. The van der Waals surface area contributed by atoms with E-state index in [-0.39, 0.29) is 17.2 Å². The standard InChI is InChI=1S/C23H27N5O/c1-23(2,3)18-10-8-16(9-11-18)20(28(4)5)15-26-22-19(13-24)27-21(29-22)17-7-6-12-25-14-17/h6-12,14,20,26H,15H2,1-5H3. The molecule has 150 valence electrons. The first-order valence-corrected chi connectivity index (χ1v) is 9.61. The van der Waals surface area contributed by atoms with Gasteiger partial charge in [0.05, 0.1) is 11.6 Å². The van der Waals surface area contributed by atoms with E-state index in [0.717, 1.165) is 5.56 Å². The number of aromatic nitrogens is 2. The number of benzene rings is 1. The van der Waals surface area contributed by atoms with Crippen molar-refractivity contribution in [1.29, 1.82) is 5.26 Å². The zero-order valence-corrected chi connectivity index (χ0v) is 17.6. The van der Waals surface area contributed by atoms with E-state index >= 15 is 0 Å². The second-order valence-electron chi connectivity index (χ2n) is 8.28. The van der Waals surface area contributed by atoms with Gasteiger partial charge in [-0.05, 0) is 42.8 Å². The molecule has 0 saturated carbocycles. The minimum absolute atomic E-state index is 0.113. The maximum absolute atomic E-state index is 9.44. The van der Waals surface area contributed by atoms with Gasteiger partial charge in [-0.25, -0.2) is 0 Å². The lowest BCUT2D eigenvalue weighted by atomic mass is 9.86. The van der Waals surface area contributed by atoms with E-state index in [0.29, 0.717) is 18.3 Å². The van der Waals surface area contributed by atoms with Crippen LogP contribution in [0.25, 0.3) is 11.5 Å². The minimum atomic E-state index is 0.113. The number of likely N-dealkylation sites (N-methyl/N-ethyl adjacent to an activating group) is 1. The minimum Gasteiger partial charge on any atom is -0.419 e. The fourth-order valence-corrected chi connectivity index (χ4v) is 3.12. The molecule has 2 aromatic heterocycles. The second-order valence-corrected chi connectivity index (χ2v) is 8.28. The number of pyridine rings is 1. The normalized spacial score (nSPS) is 12.6. The molecule has 0 spiro atoms. The number of anilines is 1. The Morgan fingerprint density at radius 2 is 1.90 bits per heavy atom. The molecule has 1 N–H and O–H groups in total. The summed E-state index contributed by atoms with van der Waals surface area (Å²) in [6.45, 7) is 7.21. The maximum atomic E-state index is 9.44. The van der Waals surface area contributed by atoms with Gasteiger partial charge >= 0.3 is 0 Å². The third-order valence-corrected chi connectivity index (χ3v) is 4.88. The van der Waals surface area contributed by atoms with Gasteiger partial charge in [-0.1, -0.05) is 45.0 Å². The number of nitriles is 1. The first-order chi connectivity index (χ1) is 13.8. The zero-order valence-electron chi connectivity index (χ0n) is 17.6. The molecule has 1 atom stereocenters. The molecule has 6 heteroatoms. The van der Waals surface area contributed by atoms with Gasteiger partial charge < -0.3 is 14.6 Å². The summed E-state index contributed by atoms with van der Waals surface area (Å²) in [4.78, 5) is 10.5. The zero-order chi connectivity index (χ0) is 21.0. The molecule has 29 heavy (non-hydrogen) atoms. The Morgan fingerprint density at radius 3 is 2.45 bits per heavy atom. The van der Waals surface area contributed by atoms with E-state index in [1.807, 2.05) is 26.2 Å². The summed E-state index contributed by atoms with van der Waals surface area (Å²) < 4.78 is 5.82. The van der Waals surface area contributed by atoms with Crippen LogP contribution in [0.15, 0.2) is 53.2 Å². The monoisotopic (exact) mass is 389 g/mol. The smallest absolute Gasteiger partial charge is 0.232 e. The van der Waals surface area contributed by atoms with Gasteiger partial charge in [0.25, 0.3) is 0 Å². The van der Waals surface area contributed by atoms with Gasteiger partial charge in [-0.2, -0.15) is 10.2 Å². The first-order valence-electron chi connectivity index (χ1n) is 9.61. The molecule has 0 aliphatic heterocycles. The Kier molecular flexibility index (Phi) is 6.00. The summed E-state index contributed by atoms with van der Waals surface area (Å²) in [6.07, 6.45) is 3.35. The largest absolute Gasteiger partial charge is 0.419 e. The van der Waals surface area contributed by atoms with Crippen LogP contribution in [0.3, 0.4) is 0 Å². The fraction of sp³-hybridized carbons (Fsp3) is 0.348. The Bertz CT molecular complexity index is 979. The molecule has 3 rings (SSSR count). The molecule has 0 saturated heterocycles. The summed E-state index contributed by atoms with van der Waals surface area (Å²) in [7, 11) is 4.08. The van der Waals surface area contributed by atoms with E-state index in [4.69, 9.17) is 4.42 Å². The molecule has 0 radical (unpaired) electrons. The summed E-state index contributed by atoms with van der Waals surface area (Å²) in [6, 6.07) is 14.6. The average Bonchev–Trinajstić information content (AvgIpc) is 3.11. The highest BCUT2D eigenvalue weighted by Crippen LogP contribution is 2.28. The molecule has 6 nitrogen and oxygen atoms in total. The summed E-state index contributed by atoms with van der Waals surface area (Å²) in [5.41, 5.74) is 3.59. The van der Waals surface area contributed by atoms with Crippen LogP contribution in [0.1, 0.15) is 43.6 Å². The maximum Gasteiger partial charge on any atom is 0.232 e. The van der Waals surface area contributed by atoms with Crippen molar-refractivity contribution in [3.63, 3.8) is 0 Å². The van der Waals surface area contributed by atoms with Crippen molar-refractivity contribution >= 4 is 5.88 Å². The molecule has 0 fully saturated rings. The summed E-state index contributed by atoms with van der Waals surface area (Å²) >= 11 is 0. The lowest BCUT2D eigenvalue weighted by molar-refractivity contribution is 0.310. The van der Waals surface area contributed by atoms with Crippen LogP contribution in [-0.4, -0.2) is 35.5 Å². The van der Waals surface area contributed by atoms with E-state index in [1.165, 1.54) is 11.1 Å². The second kappa shape index (κ2) is 8.46. The molecule has 0 aliphatic carbocycles. The highest BCUT2D eigenvalue weighted by molar-refractivity contribution is 5.57. The number of hydrogen-bond acceptors (Lipinski definition) is 6. The third-order valence-electron chi connectivity index (χ3n) is 4.88. The SMILES string of the molecule is CN(C)C(CNc1oc(-c2cccnc2)nc1C#N)c1ccc(C(C)(C)C)cc1. The van der Waals surface area contributed by atoms with Crippen molar-refractivity contribution in [3.8, 4) is 17.5 Å². The Morgan fingerprint density at radius 1 is 1.17 bits per heavy atom. The van der Waals surface area contributed by atoms with Crippen LogP contribution < -0.4 is 5.32 Å². The van der Waals surface area contributed by atoms with Crippen LogP contribution in [-0.2, 0) is 5.41 Å². The van der Waals surface area contributed by atoms with Crippen molar-refractivity contribution in [3.05, 3.63) is 65.6 Å².